The molecule has 0 radical (unpaired) electrons. The van der Waals surface area contributed by atoms with Gasteiger partial charge >= 0.3 is 6.09 Å². The molecule has 0 saturated carbocycles. The smallest absolute Gasteiger partial charge is 0.410 e. The molecule has 0 unspecified atom stereocenters. The van der Waals surface area contributed by atoms with Crippen LogP contribution in [0.25, 0.3) is 5.65 Å². The van der Waals surface area contributed by atoms with Gasteiger partial charge in [0.1, 0.15) is 16.9 Å². The van der Waals surface area contributed by atoms with Gasteiger partial charge in [-0.15, -0.1) is 0 Å². The summed E-state index contributed by atoms with van der Waals surface area (Å²) in [6, 6.07) is 11.3. The first-order valence-corrected chi connectivity index (χ1v) is 9.99. The van der Waals surface area contributed by atoms with E-state index in [1.165, 1.54) is 0 Å². The summed E-state index contributed by atoms with van der Waals surface area (Å²) in [5.41, 5.74) is 3.01. The second-order valence-corrected chi connectivity index (χ2v) is 8.20. The van der Waals surface area contributed by atoms with Crippen molar-refractivity contribution in [1.29, 1.82) is 0 Å². The van der Waals surface area contributed by atoms with Crippen molar-refractivity contribution < 1.29 is 14.3 Å². The van der Waals surface area contributed by atoms with Crippen LogP contribution in [0.1, 0.15) is 49.3 Å². The normalized spacial score (nSPS) is 11.4. The maximum Gasteiger partial charge on any atom is 0.410 e. The average molecular weight is 409 g/mol. The molecule has 1 N–H and O–H groups in total. The zero-order chi connectivity index (χ0) is 21.9. The number of hydrogen-bond acceptors (Lipinski definition) is 4. The lowest BCUT2D eigenvalue weighted by Crippen LogP contribution is -2.36. The van der Waals surface area contributed by atoms with E-state index in [-0.39, 0.29) is 12.0 Å². The number of nitrogens with one attached hydrogen (secondary N) is 1. The van der Waals surface area contributed by atoms with E-state index in [0.29, 0.717) is 24.5 Å². The van der Waals surface area contributed by atoms with E-state index in [4.69, 9.17) is 4.74 Å². The summed E-state index contributed by atoms with van der Waals surface area (Å²) in [6.07, 6.45) is 3.19. The molecule has 7 nitrogen and oxygen atoms in total. The van der Waals surface area contributed by atoms with Crippen LogP contribution in [-0.4, -0.2) is 38.4 Å². The van der Waals surface area contributed by atoms with Gasteiger partial charge in [0.15, 0.2) is 0 Å². The van der Waals surface area contributed by atoms with Crippen LogP contribution in [0, 0.1) is 6.92 Å². The Morgan fingerprint density at radius 3 is 2.63 bits per heavy atom. The van der Waals surface area contributed by atoms with Crippen LogP contribution < -0.4 is 5.32 Å². The highest BCUT2D eigenvalue weighted by atomic mass is 16.6. The van der Waals surface area contributed by atoms with Crippen LogP contribution in [-0.2, 0) is 11.3 Å². The molecule has 158 valence electrons. The molecule has 3 aromatic rings. The maximum atomic E-state index is 12.8. The fourth-order valence-electron chi connectivity index (χ4n) is 3.00. The molecule has 30 heavy (non-hydrogen) atoms. The molecule has 0 atom stereocenters. The first-order chi connectivity index (χ1) is 14.2. The lowest BCUT2D eigenvalue weighted by Gasteiger charge is -2.27. The van der Waals surface area contributed by atoms with Gasteiger partial charge in [-0.05, 0) is 63.9 Å². The summed E-state index contributed by atoms with van der Waals surface area (Å²) in [5.74, 6) is -0.302. The van der Waals surface area contributed by atoms with Crippen LogP contribution in [0.15, 0.2) is 48.8 Å². The Balaban J connectivity index is 1.78. The average Bonchev–Trinajstić information content (AvgIpc) is 3.09. The zero-order valence-corrected chi connectivity index (χ0v) is 18.1. The Hall–Kier alpha value is -3.35. The van der Waals surface area contributed by atoms with Crippen LogP contribution in [0.2, 0.25) is 0 Å². The van der Waals surface area contributed by atoms with E-state index < -0.39 is 5.60 Å². The number of nitrogens with zero attached hydrogens (tertiary/aromatic N) is 3. The second kappa shape index (κ2) is 8.57. The van der Waals surface area contributed by atoms with Crippen LogP contribution in [0.4, 0.5) is 10.5 Å². The molecule has 3 rings (SSSR count). The highest BCUT2D eigenvalue weighted by Gasteiger charge is 2.22. The Morgan fingerprint density at radius 1 is 1.20 bits per heavy atom. The molecule has 0 aliphatic rings. The van der Waals surface area contributed by atoms with Gasteiger partial charge in [0.2, 0.25) is 0 Å². The summed E-state index contributed by atoms with van der Waals surface area (Å²) in [4.78, 5) is 31.3. The molecule has 2 amide bonds. The van der Waals surface area contributed by atoms with E-state index in [1.807, 2.05) is 81.6 Å². The molecule has 0 bridgehead atoms. The van der Waals surface area contributed by atoms with Crippen molar-refractivity contribution in [3.8, 4) is 0 Å². The Bertz CT molecular complexity index is 1070. The van der Waals surface area contributed by atoms with Crippen LogP contribution in [0.3, 0.4) is 0 Å². The van der Waals surface area contributed by atoms with E-state index >= 15 is 0 Å². The molecule has 1 aromatic carbocycles. The molecule has 0 fully saturated rings. The summed E-state index contributed by atoms with van der Waals surface area (Å²) in [5, 5.41) is 2.93. The number of para-hydroxylation sites is 1. The number of rotatable bonds is 5. The molecular formula is C23H28N4O3. The first kappa shape index (κ1) is 21.4. The Labute approximate surface area is 176 Å². The standard InChI is InChI=1S/C23H28N4O3/c1-6-26(22(29)30-23(3,4)5)14-17-9-7-8-10-18(17)25-21(28)19-15-27-12-11-16(2)13-20(27)24-19/h7-13,15H,6,14H2,1-5H3,(H,25,28). The third kappa shape index (κ3) is 5.17. The fourth-order valence-corrected chi connectivity index (χ4v) is 3.00. The number of pyridine rings is 1. The minimum Gasteiger partial charge on any atom is -0.444 e. The molecule has 2 heterocycles. The maximum absolute atomic E-state index is 12.8. The number of anilines is 1. The number of imidazole rings is 1. The number of amides is 2. The monoisotopic (exact) mass is 408 g/mol. The number of carbonyl (C=O) groups is 2. The van der Waals surface area contributed by atoms with E-state index in [0.717, 1.165) is 16.8 Å². The lowest BCUT2D eigenvalue weighted by molar-refractivity contribution is 0.0245. The molecule has 7 heteroatoms. The van der Waals surface area contributed by atoms with Crippen molar-refractivity contribution >= 4 is 23.3 Å². The number of ether oxygens (including phenoxy) is 1. The molecule has 0 aliphatic carbocycles. The Kier molecular flexibility index (Phi) is 6.10. The molecular weight excluding hydrogens is 380 g/mol. The van der Waals surface area contributed by atoms with E-state index in [2.05, 4.69) is 10.3 Å². The summed E-state index contributed by atoms with van der Waals surface area (Å²) in [7, 11) is 0. The lowest BCUT2D eigenvalue weighted by atomic mass is 10.1. The third-order valence-electron chi connectivity index (χ3n) is 4.51. The van der Waals surface area contributed by atoms with Gasteiger partial charge in [0.05, 0.1) is 6.54 Å². The summed E-state index contributed by atoms with van der Waals surface area (Å²) in [6.45, 7) is 10.2. The van der Waals surface area contributed by atoms with Crippen molar-refractivity contribution in [1.82, 2.24) is 14.3 Å². The van der Waals surface area contributed by atoms with Crippen molar-refractivity contribution in [3.63, 3.8) is 0 Å². The molecule has 0 aliphatic heterocycles. The summed E-state index contributed by atoms with van der Waals surface area (Å²) < 4.78 is 7.30. The number of aryl methyl sites for hydroxylation is 1. The highest BCUT2D eigenvalue weighted by Crippen LogP contribution is 2.20. The van der Waals surface area contributed by atoms with Crippen molar-refractivity contribution in [2.24, 2.45) is 0 Å². The number of carbonyl (C=O) groups excluding carboxylic acids is 2. The van der Waals surface area contributed by atoms with Crippen molar-refractivity contribution in [2.45, 2.75) is 46.8 Å². The van der Waals surface area contributed by atoms with Gasteiger partial charge in [-0.3, -0.25) is 4.79 Å². The van der Waals surface area contributed by atoms with Gasteiger partial charge in [0.25, 0.3) is 5.91 Å². The van der Waals surface area contributed by atoms with E-state index in [1.54, 1.807) is 11.1 Å². The molecule has 0 saturated heterocycles. The van der Waals surface area contributed by atoms with Gasteiger partial charge in [0, 0.05) is 24.6 Å². The van der Waals surface area contributed by atoms with E-state index in [9.17, 15) is 9.59 Å². The number of hydrogen-bond donors (Lipinski definition) is 1. The van der Waals surface area contributed by atoms with Gasteiger partial charge in [-0.2, -0.15) is 0 Å². The Morgan fingerprint density at radius 2 is 1.93 bits per heavy atom. The highest BCUT2D eigenvalue weighted by molar-refractivity contribution is 6.03. The predicted octanol–water partition coefficient (Wildman–Crippen LogP) is 4.65. The molecule has 2 aromatic heterocycles. The topological polar surface area (TPSA) is 75.9 Å². The SMILES string of the molecule is CCN(Cc1ccccc1NC(=O)c1cn2ccc(C)cc2n1)C(=O)OC(C)(C)C. The molecule has 0 spiro atoms. The number of fused-ring (bicyclic) bond motifs is 1. The summed E-state index contributed by atoms with van der Waals surface area (Å²) >= 11 is 0. The largest absolute Gasteiger partial charge is 0.444 e. The predicted molar refractivity (Wildman–Crippen MR) is 117 cm³/mol. The van der Waals surface area contributed by atoms with Crippen molar-refractivity contribution in [2.75, 3.05) is 11.9 Å². The second-order valence-electron chi connectivity index (χ2n) is 8.20. The fraction of sp³-hybridized carbons (Fsp3) is 0.348. The minimum atomic E-state index is -0.570. The minimum absolute atomic E-state index is 0.302. The van der Waals surface area contributed by atoms with Gasteiger partial charge < -0.3 is 19.4 Å². The van der Waals surface area contributed by atoms with Gasteiger partial charge in [-0.25, -0.2) is 9.78 Å². The first-order valence-electron chi connectivity index (χ1n) is 9.99. The van der Waals surface area contributed by atoms with Crippen LogP contribution >= 0.6 is 0 Å². The number of benzene rings is 1. The van der Waals surface area contributed by atoms with Crippen LogP contribution in [0.5, 0.6) is 0 Å². The number of aromatic nitrogens is 2. The van der Waals surface area contributed by atoms with Crippen molar-refractivity contribution in [3.05, 3.63) is 65.6 Å². The quantitative estimate of drug-likeness (QED) is 0.667. The van der Waals surface area contributed by atoms with Gasteiger partial charge in [-0.1, -0.05) is 18.2 Å². The third-order valence-corrected chi connectivity index (χ3v) is 4.51. The zero-order valence-electron chi connectivity index (χ0n) is 18.1.